The second kappa shape index (κ2) is 7.55. The third-order valence-electron chi connectivity index (χ3n) is 4.77. The molecular formula is C19H23N3O2. The van der Waals surface area contributed by atoms with Gasteiger partial charge in [-0.2, -0.15) is 0 Å². The van der Waals surface area contributed by atoms with Crippen LogP contribution in [0.3, 0.4) is 0 Å². The third-order valence-corrected chi connectivity index (χ3v) is 4.77. The standard InChI is InChI=1S/C19H23N3O2/c1-16(18-8-5-9-19(14-18)22(23)24)21-12-10-20(11-13-21)15-17-6-3-2-4-7-17/h2-9,14,16H,10-13,15H2,1H3/t16-/m0/s1. The van der Waals surface area contributed by atoms with Crippen LogP contribution in [-0.2, 0) is 6.54 Å². The van der Waals surface area contributed by atoms with Gasteiger partial charge >= 0.3 is 0 Å². The molecule has 1 aliphatic heterocycles. The summed E-state index contributed by atoms with van der Waals surface area (Å²) in [7, 11) is 0. The lowest BCUT2D eigenvalue weighted by molar-refractivity contribution is -0.385. The predicted molar refractivity (Wildman–Crippen MR) is 94.8 cm³/mol. The van der Waals surface area contributed by atoms with E-state index in [9.17, 15) is 10.1 Å². The SMILES string of the molecule is C[C@@H](c1cccc([N+](=O)[O-])c1)N1CCN(Cc2ccccc2)CC1. The van der Waals surface area contributed by atoms with Crippen molar-refractivity contribution in [3.8, 4) is 0 Å². The topological polar surface area (TPSA) is 49.6 Å². The molecule has 5 heteroatoms. The van der Waals surface area contributed by atoms with Gasteiger partial charge in [-0.05, 0) is 18.1 Å². The van der Waals surface area contributed by atoms with E-state index in [1.807, 2.05) is 12.1 Å². The molecule has 126 valence electrons. The number of non-ortho nitro benzene ring substituents is 1. The summed E-state index contributed by atoms with van der Waals surface area (Å²) in [5.41, 5.74) is 2.53. The largest absolute Gasteiger partial charge is 0.297 e. The fourth-order valence-electron chi connectivity index (χ4n) is 3.26. The van der Waals surface area contributed by atoms with Gasteiger partial charge in [-0.15, -0.1) is 0 Å². The normalized spacial score (nSPS) is 17.5. The van der Waals surface area contributed by atoms with E-state index in [1.54, 1.807) is 18.2 Å². The van der Waals surface area contributed by atoms with E-state index in [4.69, 9.17) is 0 Å². The van der Waals surface area contributed by atoms with Crippen molar-refractivity contribution >= 4 is 5.69 Å². The van der Waals surface area contributed by atoms with Crippen LogP contribution in [0.2, 0.25) is 0 Å². The molecule has 1 aliphatic rings. The van der Waals surface area contributed by atoms with Gasteiger partial charge in [0.05, 0.1) is 4.92 Å². The molecule has 0 aromatic heterocycles. The van der Waals surface area contributed by atoms with E-state index in [0.717, 1.165) is 38.3 Å². The number of hydrogen-bond acceptors (Lipinski definition) is 4. The van der Waals surface area contributed by atoms with Crippen molar-refractivity contribution < 1.29 is 4.92 Å². The Balaban J connectivity index is 1.58. The van der Waals surface area contributed by atoms with Crippen LogP contribution in [0.15, 0.2) is 54.6 Å². The fraction of sp³-hybridized carbons (Fsp3) is 0.368. The summed E-state index contributed by atoms with van der Waals surface area (Å²) in [6.07, 6.45) is 0. The number of benzene rings is 2. The fourth-order valence-corrected chi connectivity index (χ4v) is 3.26. The maximum atomic E-state index is 11.0. The second-order valence-electron chi connectivity index (χ2n) is 6.33. The third kappa shape index (κ3) is 3.99. The quantitative estimate of drug-likeness (QED) is 0.624. The second-order valence-corrected chi connectivity index (χ2v) is 6.33. The summed E-state index contributed by atoms with van der Waals surface area (Å²) < 4.78 is 0. The van der Waals surface area contributed by atoms with Crippen LogP contribution in [0.4, 0.5) is 5.69 Å². The summed E-state index contributed by atoms with van der Waals surface area (Å²) in [6, 6.07) is 17.7. The molecule has 1 saturated heterocycles. The van der Waals surface area contributed by atoms with E-state index in [-0.39, 0.29) is 16.7 Å². The average molecular weight is 325 g/mol. The van der Waals surface area contributed by atoms with Gasteiger partial charge in [-0.3, -0.25) is 19.9 Å². The Hall–Kier alpha value is -2.24. The Morgan fingerprint density at radius 1 is 1.04 bits per heavy atom. The number of piperazine rings is 1. The molecule has 24 heavy (non-hydrogen) atoms. The van der Waals surface area contributed by atoms with E-state index in [2.05, 4.69) is 41.0 Å². The van der Waals surface area contributed by atoms with Gasteiger partial charge in [0.1, 0.15) is 0 Å². The highest BCUT2D eigenvalue weighted by Crippen LogP contribution is 2.25. The molecule has 0 spiro atoms. The molecule has 0 N–H and O–H groups in total. The minimum absolute atomic E-state index is 0.169. The molecule has 1 heterocycles. The Morgan fingerprint density at radius 2 is 1.75 bits per heavy atom. The first-order valence-corrected chi connectivity index (χ1v) is 8.38. The molecule has 5 nitrogen and oxygen atoms in total. The Labute approximate surface area is 142 Å². The van der Waals surface area contributed by atoms with Crippen molar-refractivity contribution in [1.29, 1.82) is 0 Å². The van der Waals surface area contributed by atoms with Crippen LogP contribution < -0.4 is 0 Å². The van der Waals surface area contributed by atoms with Crippen LogP contribution in [0, 0.1) is 10.1 Å². The molecule has 0 saturated carbocycles. The van der Waals surface area contributed by atoms with Gasteiger partial charge in [-0.1, -0.05) is 42.5 Å². The molecule has 0 aliphatic carbocycles. The van der Waals surface area contributed by atoms with Gasteiger partial charge in [0.15, 0.2) is 0 Å². The Bertz CT molecular complexity index is 682. The van der Waals surface area contributed by atoms with Crippen molar-refractivity contribution in [2.75, 3.05) is 26.2 Å². The van der Waals surface area contributed by atoms with Crippen LogP contribution in [0.5, 0.6) is 0 Å². The van der Waals surface area contributed by atoms with E-state index < -0.39 is 0 Å². The first-order valence-electron chi connectivity index (χ1n) is 8.38. The van der Waals surface area contributed by atoms with Crippen LogP contribution >= 0.6 is 0 Å². The minimum Gasteiger partial charge on any atom is -0.297 e. The maximum Gasteiger partial charge on any atom is 0.269 e. The molecule has 1 fully saturated rings. The number of nitro benzene ring substituents is 1. The Kier molecular flexibility index (Phi) is 5.23. The summed E-state index contributed by atoms with van der Waals surface area (Å²) in [4.78, 5) is 15.5. The lowest BCUT2D eigenvalue weighted by Gasteiger charge is -2.38. The highest BCUT2D eigenvalue weighted by Gasteiger charge is 2.23. The number of nitro groups is 1. The van der Waals surface area contributed by atoms with Crippen molar-refractivity contribution in [3.63, 3.8) is 0 Å². The molecule has 3 rings (SSSR count). The summed E-state index contributed by atoms with van der Waals surface area (Å²) in [5, 5.41) is 11.0. The molecule has 0 radical (unpaired) electrons. The zero-order valence-electron chi connectivity index (χ0n) is 14.0. The summed E-state index contributed by atoms with van der Waals surface area (Å²) in [5.74, 6) is 0. The van der Waals surface area contributed by atoms with Crippen molar-refractivity contribution in [3.05, 3.63) is 75.8 Å². The molecule has 1 atom stereocenters. The van der Waals surface area contributed by atoms with Gasteiger partial charge in [-0.25, -0.2) is 0 Å². The lowest BCUT2D eigenvalue weighted by Crippen LogP contribution is -2.46. The predicted octanol–water partition coefficient (Wildman–Crippen LogP) is 3.47. The molecule has 0 amide bonds. The number of hydrogen-bond donors (Lipinski definition) is 0. The smallest absolute Gasteiger partial charge is 0.269 e. The molecule has 0 bridgehead atoms. The monoisotopic (exact) mass is 325 g/mol. The van der Waals surface area contributed by atoms with Crippen LogP contribution in [-0.4, -0.2) is 40.9 Å². The zero-order valence-corrected chi connectivity index (χ0v) is 14.0. The van der Waals surface area contributed by atoms with Crippen molar-refractivity contribution in [1.82, 2.24) is 9.80 Å². The molecule has 0 unspecified atom stereocenters. The van der Waals surface area contributed by atoms with E-state index in [0.29, 0.717) is 0 Å². The average Bonchev–Trinajstić information content (AvgIpc) is 2.63. The first kappa shape index (κ1) is 16.6. The maximum absolute atomic E-state index is 11.0. The lowest BCUT2D eigenvalue weighted by atomic mass is 10.1. The highest BCUT2D eigenvalue weighted by molar-refractivity contribution is 5.35. The summed E-state index contributed by atoms with van der Waals surface area (Å²) in [6.45, 7) is 7.13. The number of rotatable bonds is 5. The first-order chi connectivity index (χ1) is 11.6. The van der Waals surface area contributed by atoms with Gasteiger partial charge in [0, 0.05) is 50.9 Å². The number of nitrogens with zero attached hydrogens (tertiary/aromatic N) is 3. The van der Waals surface area contributed by atoms with Crippen LogP contribution in [0.25, 0.3) is 0 Å². The zero-order chi connectivity index (χ0) is 16.9. The van der Waals surface area contributed by atoms with E-state index >= 15 is 0 Å². The Morgan fingerprint density at radius 3 is 2.42 bits per heavy atom. The van der Waals surface area contributed by atoms with Gasteiger partial charge in [0.2, 0.25) is 0 Å². The summed E-state index contributed by atoms with van der Waals surface area (Å²) >= 11 is 0. The van der Waals surface area contributed by atoms with Gasteiger partial charge < -0.3 is 0 Å². The highest BCUT2D eigenvalue weighted by atomic mass is 16.6. The van der Waals surface area contributed by atoms with Crippen molar-refractivity contribution in [2.24, 2.45) is 0 Å². The minimum atomic E-state index is -0.325. The van der Waals surface area contributed by atoms with Crippen LogP contribution in [0.1, 0.15) is 24.1 Å². The van der Waals surface area contributed by atoms with Gasteiger partial charge in [0.25, 0.3) is 5.69 Å². The molecular weight excluding hydrogens is 302 g/mol. The molecule has 2 aromatic carbocycles. The molecule has 2 aromatic rings. The van der Waals surface area contributed by atoms with Crippen molar-refractivity contribution in [2.45, 2.75) is 19.5 Å². The van der Waals surface area contributed by atoms with E-state index in [1.165, 1.54) is 5.56 Å².